The van der Waals surface area contributed by atoms with Crippen molar-refractivity contribution in [1.82, 2.24) is 0 Å². The summed E-state index contributed by atoms with van der Waals surface area (Å²) in [5.41, 5.74) is 0. The van der Waals surface area contributed by atoms with Crippen molar-refractivity contribution in [2.75, 3.05) is 19.8 Å². The second-order valence-corrected chi connectivity index (χ2v) is 14.5. The van der Waals surface area contributed by atoms with Crippen LogP contribution in [0.1, 0.15) is 155 Å². The third-order valence-corrected chi connectivity index (χ3v) is 9.48. The highest BCUT2D eigenvalue weighted by atomic mass is 16.7. The van der Waals surface area contributed by atoms with Crippen LogP contribution >= 0.6 is 0 Å². The van der Waals surface area contributed by atoms with Gasteiger partial charge in [-0.3, -0.25) is 9.59 Å². The highest BCUT2D eigenvalue weighted by Crippen LogP contribution is 2.22. The molecule has 10 heteroatoms. The standard InChI is InChI=1S/C45H76O10/c1-3-5-7-9-11-13-15-17-19-21-23-25-27-29-31-33-40(47)52-36-38(37-53-45-44(51)43(50)42(49)39(35-46)55-45)54-41(48)34-32-30-28-26-24-22-20-18-16-14-12-10-8-6-4-2/h5,7,9,11,13,15,17,19,24,26,38-39,42-46,49-51H,3-4,6,8,10,12,14,16,18,20-23,25,27-37H2,1-2H3/b7-5+,11-9+,15-13+,19-17+,26-24+/t38-,39-,42+,43?,44?,45-/m0/s1. The van der Waals surface area contributed by atoms with E-state index in [-0.39, 0.29) is 26.1 Å². The van der Waals surface area contributed by atoms with Gasteiger partial charge in [0.1, 0.15) is 31.0 Å². The Bertz CT molecular complexity index is 1080. The molecule has 0 aromatic carbocycles. The van der Waals surface area contributed by atoms with Gasteiger partial charge in [-0.15, -0.1) is 0 Å². The van der Waals surface area contributed by atoms with Gasteiger partial charge in [-0.05, 0) is 57.8 Å². The quantitative estimate of drug-likeness (QED) is 0.0216. The van der Waals surface area contributed by atoms with E-state index < -0.39 is 55.4 Å². The molecule has 6 atom stereocenters. The number of allylic oxidation sites excluding steroid dienone is 10. The van der Waals surface area contributed by atoms with Crippen LogP contribution in [0.25, 0.3) is 0 Å². The number of rotatable bonds is 34. The van der Waals surface area contributed by atoms with Crippen LogP contribution in [0.4, 0.5) is 0 Å². The molecule has 316 valence electrons. The van der Waals surface area contributed by atoms with Gasteiger partial charge in [0.15, 0.2) is 12.4 Å². The van der Waals surface area contributed by atoms with E-state index >= 15 is 0 Å². The van der Waals surface area contributed by atoms with Crippen LogP contribution in [0.3, 0.4) is 0 Å². The fraction of sp³-hybridized carbons (Fsp3) is 0.733. The van der Waals surface area contributed by atoms with Crippen molar-refractivity contribution in [3.8, 4) is 0 Å². The van der Waals surface area contributed by atoms with Crippen molar-refractivity contribution in [1.29, 1.82) is 0 Å². The number of ether oxygens (including phenoxy) is 4. The Morgan fingerprint density at radius 2 is 1.09 bits per heavy atom. The Morgan fingerprint density at radius 1 is 0.582 bits per heavy atom. The average Bonchev–Trinajstić information content (AvgIpc) is 3.18. The topological polar surface area (TPSA) is 152 Å². The van der Waals surface area contributed by atoms with Gasteiger partial charge >= 0.3 is 11.9 Å². The van der Waals surface area contributed by atoms with Crippen LogP contribution in [0.2, 0.25) is 0 Å². The lowest BCUT2D eigenvalue weighted by molar-refractivity contribution is -0.305. The minimum Gasteiger partial charge on any atom is -0.462 e. The molecule has 55 heavy (non-hydrogen) atoms. The van der Waals surface area contributed by atoms with E-state index in [9.17, 15) is 30.0 Å². The van der Waals surface area contributed by atoms with Crippen LogP contribution in [0, 0.1) is 0 Å². The van der Waals surface area contributed by atoms with Crippen molar-refractivity contribution in [2.45, 2.75) is 192 Å². The summed E-state index contributed by atoms with van der Waals surface area (Å²) in [5, 5.41) is 40.0. The minimum absolute atomic E-state index is 0.192. The molecule has 0 amide bonds. The maximum absolute atomic E-state index is 12.7. The van der Waals surface area contributed by atoms with Gasteiger partial charge in [-0.2, -0.15) is 0 Å². The molecule has 1 heterocycles. The molecule has 0 aromatic heterocycles. The summed E-state index contributed by atoms with van der Waals surface area (Å²) >= 11 is 0. The molecular formula is C45H76O10. The summed E-state index contributed by atoms with van der Waals surface area (Å²) in [6.07, 6.45) is 35.1. The number of hydrogen-bond donors (Lipinski definition) is 4. The Balaban J connectivity index is 2.39. The Hall–Kier alpha value is -2.60. The van der Waals surface area contributed by atoms with Gasteiger partial charge < -0.3 is 39.4 Å². The van der Waals surface area contributed by atoms with Gasteiger partial charge in [-0.1, -0.05) is 145 Å². The zero-order chi connectivity index (χ0) is 40.2. The zero-order valence-electron chi connectivity index (χ0n) is 34.2. The molecule has 1 aliphatic rings. The molecule has 1 aliphatic heterocycles. The first-order valence-corrected chi connectivity index (χ1v) is 21.4. The summed E-state index contributed by atoms with van der Waals surface area (Å²) < 4.78 is 22.1. The number of esters is 2. The largest absolute Gasteiger partial charge is 0.462 e. The van der Waals surface area contributed by atoms with Gasteiger partial charge in [0, 0.05) is 12.8 Å². The summed E-state index contributed by atoms with van der Waals surface area (Å²) in [4.78, 5) is 25.3. The third kappa shape index (κ3) is 27.6. The molecule has 0 aromatic rings. The maximum atomic E-state index is 12.7. The van der Waals surface area contributed by atoms with E-state index in [1.807, 2.05) is 30.4 Å². The Kier molecular flexibility index (Phi) is 32.8. The molecule has 4 N–H and O–H groups in total. The molecule has 2 unspecified atom stereocenters. The molecule has 1 fully saturated rings. The van der Waals surface area contributed by atoms with Gasteiger partial charge in [0.05, 0.1) is 13.2 Å². The lowest BCUT2D eigenvalue weighted by atomic mass is 9.99. The van der Waals surface area contributed by atoms with E-state index in [1.54, 1.807) is 0 Å². The van der Waals surface area contributed by atoms with E-state index in [0.717, 1.165) is 57.8 Å². The van der Waals surface area contributed by atoms with Crippen LogP contribution in [-0.4, -0.2) is 89.0 Å². The molecular weight excluding hydrogens is 700 g/mol. The van der Waals surface area contributed by atoms with Crippen LogP contribution < -0.4 is 0 Å². The van der Waals surface area contributed by atoms with Crippen LogP contribution in [0.5, 0.6) is 0 Å². The molecule has 0 saturated carbocycles. The highest BCUT2D eigenvalue weighted by Gasteiger charge is 2.44. The van der Waals surface area contributed by atoms with Crippen molar-refractivity contribution < 1.29 is 49.0 Å². The maximum Gasteiger partial charge on any atom is 0.306 e. The van der Waals surface area contributed by atoms with Crippen molar-refractivity contribution >= 4 is 11.9 Å². The van der Waals surface area contributed by atoms with E-state index in [1.165, 1.54) is 57.8 Å². The van der Waals surface area contributed by atoms with Crippen LogP contribution in [0.15, 0.2) is 60.8 Å². The minimum atomic E-state index is -1.60. The molecule has 0 spiro atoms. The van der Waals surface area contributed by atoms with Crippen molar-refractivity contribution in [2.24, 2.45) is 0 Å². The second kappa shape index (κ2) is 35.8. The molecule has 10 nitrogen and oxygen atoms in total. The van der Waals surface area contributed by atoms with E-state index in [4.69, 9.17) is 18.9 Å². The Labute approximate surface area is 332 Å². The average molecular weight is 777 g/mol. The zero-order valence-corrected chi connectivity index (χ0v) is 34.2. The molecule has 1 rings (SSSR count). The van der Waals surface area contributed by atoms with Gasteiger partial charge in [0.2, 0.25) is 0 Å². The number of unbranched alkanes of at least 4 members (excludes halogenated alkanes) is 16. The number of aliphatic hydroxyl groups excluding tert-OH is 4. The summed E-state index contributed by atoms with van der Waals surface area (Å²) in [5.74, 6) is -0.864. The van der Waals surface area contributed by atoms with E-state index in [0.29, 0.717) is 12.8 Å². The highest BCUT2D eigenvalue weighted by molar-refractivity contribution is 5.70. The molecule has 1 saturated heterocycles. The number of carbonyl (C=O) groups excluding carboxylic acids is 2. The first-order valence-electron chi connectivity index (χ1n) is 21.4. The smallest absolute Gasteiger partial charge is 0.306 e. The molecule has 0 bridgehead atoms. The fourth-order valence-corrected chi connectivity index (χ4v) is 6.07. The van der Waals surface area contributed by atoms with Crippen molar-refractivity contribution in [3.05, 3.63) is 60.8 Å². The first kappa shape index (κ1) is 50.4. The normalized spacial score (nSPS) is 21.2. The summed E-state index contributed by atoms with van der Waals surface area (Å²) in [6, 6.07) is 0. The lowest BCUT2D eigenvalue weighted by Gasteiger charge is -2.39. The summed E-state index contributed by atoms with van der Waals surface area (Å²) in [6.45, 7) is 3.22. The van der Waals surface area contributed by atoms with Crippen LogP contribution in [-0.2, 0) is 28.5 Å². The molecule has 0 aliphatic carbocycles. The second-order valence-electron chi connectivity index (χ2n) is 14.5. The third-order valence-electron chi connectivity index (χ3n) is 9.48. The van der Waals surface area contributed by atoms with E-state index in [2.05, 4.69) is 44.2 Å². The summed E-state index contributed by atoms with van der Waals surface area (Å²) in [7, 11) is 0. The van der Waals surface area contributed by atoms with Gasteiger partial charge in [0.25, 0.3) is 0 Å². The lowest BCUT2D eigenvalue weighted by Crippen LogP contribution is -2.59. The number of aliphatic hydroxyl groups is 4. The van der Waals surface area contributed by atoms with Gasteiger partial charge in [-0.25, -0.2) is 0 Å². The monoisotopic (exact) mass is 777 g/mol. The number of carbonyl (C=O) groups is 2. The number of hydrogen-bond acceptors (Lipinski definition) is 10. The fourth-order valence-electron chi connectivity index (χ4n) is 6.07. The Morgan fingerprint density at radius 3 is 1.71 bits per heavy atom. The molecule has 0 radical (unpaired) electrons. The predicted molar refractivity (Wildman–Crippen MR) is 219 cm³/mol. The van der Waals surface area contributed by atoms with Crippen molar-refractivity contribution in [3.63, 3.8) is 0 Å². The SMILES string of the molecule is CC/C=C/C=C/C=C/C=C/CCCCCCCC(=O)OC[C@@H](CO[C@H]1O[C@@H](CO)[C@@H](O)C(O)C1O)OC(=O)CCCC/C=C/CCCCCCCCCCC. The first-order chi connectivity index (χ1) is 26.8. The predicted octanol–water partition coefficient (Wildman–Crippen LogP) is 8.66.